The molecule has 1 radical (unpaired) electrons. The van der Waals surface area contributed by atoms with Gasteiger partial charge in [0.25, 0.3) is 0 Å². The van der Waals surface area contributed by atoms with Crippen molar-refractivity contribution in [1.29, 1.82) is 0 Å². The van der Waals surface area contributed by atoms with Crippen LogP contribution in [0.25, 0.3) is 72.0 Å². The highest BCUT2D eigenvalue weighted by molar-refractivity contribution is 6.73. The Morgan fingerprint density at radius 3 is 1.79 bits per heavy atom. The van der Waals surface area contributed by atoms with Crippen molar-refractivity contribution in [2.24, 2.45) is 0 Å². The van der Waals surface area contributed by atoms with Gasteiger partial charge in [0, 0.05) is 44.3 Å². The van der Waals surface area contributed by atoms with E-state index in [0.717, 1.165) is 17.8 Å². The Hall–Kier alpha value is -6.58. The lowest BCUT2D eigenvalue weighted by Gasteiger charge is -2.42. The molecule has 1 N–H and O–H groups in total. The fraction of sp³-hybridized carbons (Fsp3) is 0.314. The van der Waals surface area contributed by atoms with Gasteiger partial charge in [0.1, 0.15) is 0 Å². The van der Waals surface area contributed by atoms with Crippen molar-refractivity contribution in [3.8, 4) is 50.2 Å². The molecule has 5 aliphatic rings. The monoisotopic (exact) mass is 948 g/mol. The lowest BCUT2D eigenvalue weighted by Crippen LogP contribution is -2.37. The van der Waals surface area contributed by atoms with Gasteiger partial charge in [0.15, 0.2) is 7.28 Å². The standard InChI is InChI=1S/C70H68BN2/c1-39-17-21-44(22-18-39)72-60-37-54-48(49-34-55-57(36-53(49)70(54,11)12)68(7,8)27-25-66(55,3)4)33-50(60)51-32-47(42-20-23-46-43(31-42)30-41-15-13-14-16-45(41)46)63-52-35-56-58(69(9,10)28-26-67(56,5)6)38-62(52)73-61-24-19-40(2)29-59(61)71-64(51)65(63)73/h13-24,29,31-38,72H,25-28,30H2,1-12H3. The Bertz CT molecular complexity index is 3920. The lowest BCUT2D eigenvalue weighted by molar-refractivity contribution is 0.331. The van der Waals surface area contributed by atoms with Gasteiger partial charge in [0.2, 0.25) is 0 Å². The van der Waals surface area contributed by atoms with Crippen LogP contribution in [0.15, 0.2) is 127 Å². The van der Waals surface area contributed by atoms with E-state index >= 15 is 0 Å². The molecule has 0 fully saturated rings. The van der Waals surface area contributed by atoms with Gasteiger partial charge in [-0.3, -0.25) is 0 Å². The molecule has 4 aliphatic carbocycles. The highest BCUT2D eigenvalue weighted by atomic mass is 15.0. The van der Waals surface area contributed by atoms with Crippen LogP contribution in [0.2, 0.25) is 0 Å². The highest BCUT2D eigenvalue weighted by Crippen LogP contribution is 2.57. The van der Waals surface area contributed by atoms with Crippen LogP contribution in [0.1, 0.15) is 151 Å². The summed E-state index contributed by atoms with van der Waals surface area (Å²) < 4.78 is 2.68. The summed E-state index contributed by atoms with van der Waals surface area (Å²) in [5.41, 5.74) is 33.6. The van der Waals surface area contributed by atoms with Crippen molar-refractivity contribution in [1.82, 2.24) is 4.57 Å². The van der Waals surface area contributed by atoms with Crippen LogP contribution < -0.4 is 16.2 Å². The van der Waals surface area contributed by atoms with Crippen molar-refractivity contribution in [2.75, 3.05) is 5.32 Å². The summed E-state index contributed by atoms with van der Waals surface area (Å²) in [6, 6.07) is 50.7. The van der Waals surface area contributed by atoms with Crippen molar-refractivity contribution in [3.05, 3.63) is 183 Å². The van der Waals surface area contributed by atoms with Gasteiger partial charge in [-0.15, -0.1) is 0 Å². The van der Waals surface area contributed by atoms with Gasteiger partial charge in [-0.2, -0.15) is 0 Å². The minimum Gasteiger partial charge on any atom is -0.355 e. The topological polar surface area (TPSA) is 17.0 Å². The van der Waals surface area contributed by atoms with Crippen LogP contribution in [0.5, 0.6) is 0 Å². The summed E-state index contributed by atoms with van der Waals surface area (Å²) in [6.07, 6.45) is 5.69. The summed E-state index contributed by atoms with van der Waals surface area (Å²) in [4.78, 5) is 0. The van der Waals surface area contributed by atoms with Crippen LogP contribution in [-0.2, 0) is 33.5 Å². The normalized spacial score (nSPS) is 18.2. The van der Waals surface area contributed by atoms with Crippen molar-refractivity contribution < 1.29 is 0 Å². The zero-order valence-electron chi connectivity index (χ0n) is 45.2. The van der Waals surface area contributed by atoms with E-state index in [1.807, 2.05) is 0 Å². The van der Waals surface area contributed by atoms with Gasteiger partial charge < -0.3 is 9.88 Å². The molecule has 361 valence electrons. The third-order valence-corrected chi connectivity index (χ3v) is 19.3. The maximum Gasteiger partial charge on any atom is 0.197 e. The molecule has 0 bridgehead atoms. The average molecular weight is 948 g/mol. The molecule has 1 aromatic heterocycles. The van der Waals surface area contributed by atoms with Gasteiger partial charge >= 0.3 is 0 Å². The number of fused-ring (bicyclic) bond motifs is 13. The number of aromatic nitrogens is 1. The van der Waals surface area contributed by atoms with E-state index in [-0.39, 0.29) is 27.1 Å². The number of anilines is 2. The van der Waals surface area contributed by atoms with Crippen molar-refractivity contribution >= 4 is 51.4 Å². The van der Waals surface area contributed by atoms with E-state index in [4.69, 9.17) is 0 Å². The molecule has 0 spiro atoms. The number of aryl methyl sites for hydroxylation is 2. The minimum atomic E-state index is -0.194. The van der Waals surface area contributed by atoms with E-state index in [2.05, 4.69) is 228 Å². The van der Waals surface area contributed by atoms with Gasteiger partial charge in [-0.1, -0.05) is 159 Å². The summed E-state index contributed by atoms with van der Waals surface area (Å²) in [5.74, 6) is 0. The molecule has 2 nitrogen and oxygen atoms in total. The molecule has 73 heavy (non-hydrogen) atoms. The fourth-order valence-electron chi connectivity index (χ4n) is 14.6. The van der Waals surface area contributed by atoms with Crippen LogP contribution in [0.4, 0.5) is 11.4 Å². The van der Waals surface area contributed by atoms with E-state index in [1.54, 1.807) is 0 Å². The molecule has 8 aromatic carbocycles. The second-order valence-electron chi connectivity index (χ2n) is 26.3. The van der Waals surface area contributed by atoms with Crippen molar-refractivity contribution in [3.63, 3.8) is 0 Å². The molecular formula is C70H68BN2. The van der Waals surface area contributed by atoms with E-state index in [1.165, 1.54) is 164 Å². The Kier molecular flexibility index (Phi) is 9.14. The molecule has 0 atom stereocenters. The van der Waals surface area contributed by atoms with E-state index < -0.39 is 0 Å². The van der Waals surface area contributed by atoms with Gasteiger partial charge in [0.05, 0.1) is 5.52 Å². The van der Waals surface area contributed by atoms with Crippen LogP contribution in [0, 0.1) is 13.8 Å². The maximum atomic E-state index is 4.10. The number of hydrogen-bond acceptors (Lipinski definition) is 1. The summed E-state index contributed by atoms with van der Waals surface area (Å²) >= 11 is 0. The third kappa shape index (κ3) is 6.42. The largest absolute Gasteiger partial charge is 0.355 e. The highest BCUT2D eigenvalue weighted by Gasteiger charge is 2.44. The molecule has 0 unspecified atom stereocenters. The van der Waals surface area contributed by atoms with Crippen LogP contribution in [-0.4, -0.2) is 11.8 Å². The lowest BCUT2D eigenvalue weighted by atomic mass is 9.58. The molecule has 0 saturated heterocycles. The third-order valence-electron chi connectivity index (χ3n) is 19.3. The molecule has 0 saturated carbocycles. The second-order valence-corrected chi connectivity index (χ2v) is 26.3. The Labute approximate surface area is 434 Å². The summed E-state index contributed by atoms with van der Waals surface area (Å²) in [5, 5.41) is 6.80. The zero-order valence-corrected chi connectivity index (χ0v) is 45.2. The zero-order chi connectivity index (χ0) is 50.5. The fourth-order valence-corrected chi connectivity index (χ4v) is 14.6. The number of benzene rings is 8. The maximum absolute atomic E-state index is 4.10. The molecular weight excluding hydrogens is 880 g/mol. The minimum absolute atomic E-state index is 0.0618. The molecule has 3 heteroatoms. The predicted molar refractivity (Wildman–Crippen MR) is 312 cm³/mol. The second kappa shape index (κ2) is 14.8. The summed E-state index contributed by atoms with van der Waals surface area (Å²) in [6.45, 7) is 29.1. The van der Waals surface area contributed by atoms with Crippen LogP contribution in [0.3, 0.4) is 0 Å². The van der Waals surface area contributed by atoms with Gasteiger partial charge in [-0.05, 0) is 211 Å². The first-order valence-electron chi connectivity index (χ1n) is 27.3. The van der Waals surface area contributed by atoms with Crippen LogP contribution >= 0.6 is 0 Å². The number of nitrogens with one attached hydrogen (secondary N) is 1. The number of hydrogen-bond donors (Lipinski definition) is 1. The molecule has 1 aliphatic heterocycles. The Morgan fingerprint density at radius 1 is 0.466 bits per heavy atom. The predicted octanol–water partition coefficient (Wildman–Crippen LogP) is 17.0. The SMILES string of the molecule is Cc1ccc(Nc2cc3c(cc2-c2cc(-c4ccc5c(c4)Cc4ccccc4-5)c4c5cc6c(cc5n5c4c2[B]c2cc(C)ccc2-5)C(C)(C)CCC6(C)C)-c2cc4c(cc2C3(C)C)C(C)(C)CCC4(C)C)cc1. The Balaban J connectivity index is 1.12. The quantitative estimate of drug-likeness (QED) is 0.174. The van der Waals surface area contributed by atoms with E-state index in [9.17, 15) is 0 Å². The van der Waals surface area contributed by atoms with Gasteiger partial charge in [-0.25, -0.2) is 0 Å². The van der Waals surface area contributed by atoms with E-state index in [0.29, 0.717) is 0 Å². The smallest absolute Gasteiger partial charge is 0.197 e. The molecule has 0 amide bonds. The molecule has 9 aromatic rings. The number of nitrogens with zero attached hydrogens (tertiary/aromatic N) is 1. The van der Waals surface area contributed by atoms with Crippen molar-refractivity contribution in [2.45, 2.75) is 142 Å². The molecule has 2 heterocycles. The first-order valence-corrected chi connectivity index (χ1v) is 27.3. The first-order chi connectivity index (χ1) is 34.7. The number of rotatable bonds is 4. The average Bonchev–Trinajstić information content (AvgIpc) is 3.97. The molecule has 14 rings (SSSR count). The first kappa shape index (κ1) is 45.1. The summed E-state index contributed by atoms with van der Waals surface area (Å²) in [7, 11) is 2.54. The Morgan fingerprint density at radius 2 is 1.07 bits per heavy atom.